The number of hydrogen-bond acceptors (Lipinski definition) is 6. The minimum Gasteiger partial charge on any atom is -0.347 e. The SMILES string of the molecule is Cn1cc(-c2cnc3c(-c4csc(C(=O)N[C@H]5CCCC[C@@H]5N)c4)cnn3c2)cn1. The molecule has 0 unspecified atom stereocenters. The van der Waals surface area contributed by atoms with Crippen LogP contribution in [-0.2, 0) is 7.05 Å². The Morgan fingerprint density at radius 1 is 1.13 bits per heavy atom. The van der Waals surface area contributed by atoms with Crippen LogP contribution in [0.3, 0.4) is 0 Å². The van der Waals surface area contributed by atoms with Gasteiger partial charge in [-0.2, -0.15) is 10.2 Å². The molecular formula is C21H23N7OS. The number of carbonyl (C=O) groups is 1. The summed E-state index contributed by atoms with van der Waals surface area (Å²) in [5, 5.41) is 13.8. The second-order valence-electron chi connectivity index (χ2n) is 7.80. The van der Waals surface area contributed by atoms with E-state index in [4.69, 9.17) is 5.73 Å². The van der Waals surface area contributed by atoms with E-state index in [-0.39, 0.29) is 18.0 Å². The minimum atomic E-state index is -0.0584. The van der Waals surface area contributed by atoms with E-state index >= 15 is 0 Å². The summed E-state index contributed by atoms with van der Waals surface area (Å²) >= 11 is 1.43. The monoisotopic (exact) mass is 421 g/mol. The average Bonchev–Trinajstić information content (AvgIpc) is 3.48. The van der Waals surface area contributed by atoms with Crippen LogP contribution in [0.2, 0.25) is 0 Å². The number of amides is 1. The Labute approximate surface area is 177 Å². The smallest absolute Gasteiger partial charge is 0.261 e. The Hall–Kier alpha value is -3.04. The van der Waals surface area contributed by atoms with Crippen molar-refractivity contribution in [2.24, 2.45) is 12.8 Å². The molecule has 0 saturated heterocycles. The molecule has 4 aromatic heterocycles. The van der Waals surface area contributed by atoms with Crippen molar-refractivity contribution in [2.45, 2.75) is 37.8 Å². The van der Waals surface area contributed by atoms with Crippen molar-refractivity contribution in [3.05, 3.63) is 47.3 Å². The number of carbonyl (C=O) groups excluding carboxylic acids is 1. The zero-order chi connectivity index (χ0) is 20.7. The predicted molar refractivity (Wildman–Crippen MR) is 116 cm³/mol. The molecule has 0 radical (unpaired) electrons. The highest BCUT2D eigenvalue weighted by molar-refractivity contribution is 7.12. The summed E-state index contributed by atoms with van der Waals surface area (Å²) in [6.07, 6.45) is 13.5. The van der Waals surface area contributed by atoms with Crippen molar-refractivity contribution in [3.8, 4) is 22.3 Å². The highest BCUT2D eigenvalue weighted by Gasteiger charge is 2.24. The number of nitrogens with zero attached hydrogens (tertiary/aromatic N) is 5. The molecule has 1 saturated carbocycles. The van der Waals surface area contributed by atoms with Gasteiger partial charge in [-0.1, -0.05) is 12.8 Å². The van der Waals surface area contributed by atoms with Gasteiger partial charge in [0.25, 0.3) is 5.91 Å². The highest BCUT2D eigenvalue weighted by atomic mass is 32.1. The Morgan fingerprint density at radius 2 is 1.97 bits per heavy atom. The second-order valence-corrected chi connectivity index (χ2v) is 8.71. The number of aryl methyl sites for hydroxylation is 1. The van der Waals surface area contributed by atoms with Crippen LogP contribution < -0.4 is 11.1 Å². The first-order chi connectivity index (χ1) is 14.6. The molecule has 3 N–H and O–H groups in total. The summed E-state index contributed by atoms with van der Waals surface area (Å²) in [5.74, 6) is -0.0584. The largest absolute Gasteiger partial charge is 0.347 e. The second kappa shape index (κ2) is 7.66. The molecule has 30 heavy (non-hydrogen) atoms. The van der Waals surface area contributed by atoms with Crippen molar-refractivity contribution in [3.63, 3.8) is 0 Å². The lowest BCUT2D eigenvalue weighted by atomic mass is 9.91. The van der Waals surface area contributed by atoms with Crippen LogP contribution in [-0.4, -0.2) is 42.4 Å². The molecule has 154 valence electrons. The van der Waals surface area contributed by atoms with Crippen LogP contribution in [0.4, 0.5) is 0 Å². The van der Waals surface area contributed by atoms with E-state index in [9.17, 15) is 4.79 Å². The maximum Gasteiger partial charge on any atom is 0.261 e. The van der Waals surface area contributed by atoms with Gasteiger partial charge in [0.2, 0.25) is 0 Å². The predicted octanol–water partition coefficient (Wildman–Crippen LogP) is 2.86. The number of hydrogen-bond donors (Lipinski definition) is 2. The van der Waals surface area contributed by atoms with Gasteiger partial charge in [0.1, 0.15) is 0 Å². The fourth-order valence-electron chi connectivity index (χ4n) is 3.97. The van der Waals surface area contributed by atoms with E-state index in [2.05, 4.69) is 20.5 Å². The minimum absolute atomic E-state index is 0.0416. The lowest BCUT2D eigenvalue weighted by molar-refractivity contribution is 0.0925. The topological polar surface area (TPSA) is 103 Å². The molecule has 4 heterocycles. The molecule has 0 aliphatic heterocycles. The van der Waals surface area contributed by atoms with Crippen molar-refractivity contribution in [1.82, 2.24) is 29.7 Å². The number of fused-ring (bicyclic) bond motifs is 1. The van der Waals surface area contributed by atoms with Crippen LogP contribution >= 0.6 is 11.3 Å². The Bertz CT molecular complexity index is 1210. The third-order valence-corrected chi connectivity index (χ3v) is 6.59. The summed E-state index contributed by atoms with van der Waals surface area (Å²) in [7, 11) is 1.88. The zero-order valence-electron chi connectivity index (χ0n) is 16.7. The fraction of sp³-hybridized carbons (Fsp3) is 0.333. The summed E-state index contributed by atoms with van der Waals surface area (Å²) in [5.41, 5.74) is 10.7. The molecule has 9 heteroatoms. The van der Waals surface area contributed by atoms with E-state index in [1.54, 1.807) is 21.6 Å². The third-order valence-electron chi connectivity index (χ3n) is 5.66. The molecule has 2 atom stereocenters. The quantitative estimate of drug-likeness (QED) is 0.527. The first-order valence-corrected chi connectivity index (χ1v) is 10.9. The van der Waals surface area contributed by atoms with Gasteiger partial charge in [0, 0.05) is 54.4 Å². The van der Waals surface area contributed by atoms with E-state index in [0.29, 0.717) is 4.88 Å². The molecule has 1 amide bonds. The molecule has 1 aliphatic carbocycles. The molecule has 5 rings (SSSR count). The van der Waals surface area contributed by atoms with Gasteiger partial charge in [-0.15, -0.1) is 11.3 Å². The number of aromatic nitrogens is 5. The normalized spacial score (nSPS) is 19.3. The Morgan fingerprint density at radius 3 is 2.77 bits per heavy atom. The molecular weight excluding hydrogens is 398 g/mol. The van der Waals surface area contributed by atoms with E-state index in [1.807, 2.05) is 37.1 Å². The number of rotatable bonds is 4. The number of nitrogens with one attached hydrogen (secondary N) is 1. The summed E-state index contributed by atoms with van der Waals surface area (Å²) in [6, 6.07) is 2.00. The third kappa shape index (κ3) is 3.50. The lowest BCUT2D eigenvalue weighted by Gasteiger charge is -2.29. The molecule has 4 aromatic rings. The number of nitrogens with two attached hydrogens (primary N) is 1. The van der Waals surface area contributed by atoms with Gasteiger partial charge >= 0.3 is 0 Å². The lowest BCUT2D eigenvalue weighted by Crippen LogP contribution is -2.49. The molecule has 0 aromatic carbocycles. The zero-order valence-corrected chi connectivity index (χ0v) is 17.5. The maximum absolute atomic E-state index is 12.7. The van der Waals surface area contributed by atoms with Crippen molar-refractivity contribution in [1.29, 1.82) is 0 Å². The molecule has 1 fully saturated rings. The average molecular weight is 422 g/mol. The van der Waals surface area contributed by atoms with Crippen LogP contribution in [0.5, 0.6) is 0 Å². The highest BCUT2D eigenvalue weighted by Crippen LogP contribution is 2.29. The first kappa shape index (κ1) is 19.0. The van der Waals surface area contributed by atoms with E-state index in [1.165, 1.54) is 11.3 Å². The summed E-state index contributed by atoms with van der Waals surface area (Å²) < 4.78 is 3.52. The summed E-state index contributed by atoms with van der Waals surface area (Å²) in [6.45, 7) is 0. The maximum atomic E-state index is 12.7. The van der Waals surface area contributed by atoms with Crippen LogP contribution in [0, 0.1) is 0 Å². The van der Waals surface area contributed by atoms with Gasteiger partial charge in [-0.3, -0.25) is 9.48 Å². The summed E-state index contributed by atoms with van der Waals surface area (Å²) in [4.78, 5) is 18.0. The van der Waals surface area contributed by atoms with Crippen LogP contribution in [0.25, 0.3) is 27.9 Å². The van der Waals surface area contributed by atoms with Gasteiger partial charge < -0.3 is 11.1 Å². The van der Waals surface area contributed by atoms with Crippen LogP contribution in [0.15, 0.2) is 42.4 Å². The first-order valence-electron chi connectivity index (χ1n) is 10.1. The van der Waals surface area contributed by atoms with Crippen molar-refractivity contribution in [2.75, 3.05) is 0 Å². The molecule has 8 nitrogen and oxygen atoms in total. The molecule has 0 spiro atoms. The van der Waals surface area contributed by atoms with E-state index in [0.717, 1.165) is 53.6 Å². The Balaban J connectivity index is 1.38. The van der Waals surface area contributed by atoms with Crippen LogP contribution in [0.1, 0.15) is 35.4 Å². The molecule has 1 aliphatic rings. The standard InChI is InChI=1S/C21H23N7OS/c1-27-10-15(8-24-27)14-7-23-20-16(9-25-28(20)11-14)13-6-19(30-12-13)21(29)26-18-5-3-2-4-17(18)22/h6-12,17-18H,2-5,22H2,1H3,(H,26,29)/t17-,18-/m0/s1. The molecule has 0 bridgehead atoms. The number of thiophene rings is 1. The van der Waals surface area contributed by atoms with E-state index < -0.39 is 0 Å². The van der Waals surface area contributed by atoms with Gasteiger partial charge in [0.15, 0.2) is 5.65 Å². The van der Waals surface area contributed by atoms with Gasteiger partial charge in [-0.05, 0) is 29.9 Å². The fourth-order valence-corrected chi connectivity index (χ4v) is 4.78. The Kier molecular flexibility index (Phi) is 4.84. The van der Waals surface area contributed by atoms with Gasteiger partial charge in [0.05, 0.1) is 17.3 Å². The van der Waals surface area contributed by atoms with Crippen molar-refractivity contribution >= 4 is 22.9 Å². The van der Waals surface area contributed by atoms with Crippen molar-refractivity contribution < 1.29 is 4.79 Å². The van der Waals surface area contributed by atoms with Gasteiger partial charge in [-0.25, -0.2) is 9.50 Å².